The van der Waals surface area contributed by atoms with E-state index in [9.17, 15) is 0 Å². The van der Waals surface area contributed by atoms with Gasteiger partial charge in [-0.15, -0.1) is 0 Å². The van der Waals surface area contributed by atoms with Gasteiger partial charge in [0.05, 0.1) is 0 Å². The van der Waals surface area contributed by atoms with Crippen molar-refractivity contribution < 1.29 is 4.79 Å². The van der Waals surface area contributed by atoms with Gasteiger partial charge in [-0.25, -0.2) is 9.79 Å². The zero-order valence-electron chi connectivity index (χ0n) is 7.97. The summed E-state index contributed by atoms with van der Waals surface area (Å²) in [6, 6.07) is 0.837. The van der Waals surface area contributed by atoms with Crippen LogP contribution in [0.1, 0.15) is 32.6 Å². The molecule has 0 amide bonds. The van der Waals surface area contributed by atoms with Crippen molar-refractivity contribution in [3.63, 3.8) is 0 Å². The number of aliphatic imine (C=N–C) groups is 1. The number of hydrogen-bond acceptors (Lipinski definition) is 3. The number of nitrogens with one attached hydrogen (secondary N) is 1. The highest BCUT2D eigenvalue weighted by Gasteiger charge is 2.08. The largest absolute Gasteiger partial charge is 0.314 e. The van der Waals surface area contributed by atoms with Crippen molar-refractivity contribution in [3.05, 3.63) is 0 Å². The molecule has 0 aromatic rings. The highest BCUT2D eigenvalue weighted by Crippen LogP contribution is 2.08. The summed E-state index contributed by atoms with van der Waals surface area (Å²) < 4.78 is 0. The van der Waals surface area contributed by atoms with Gasteiger partial charge in [0.25, 0.3) is 0 Å². The Labute approximate surface area is 74.3 Å². The third-order valence-corrected chi connectivity index (χ3v) is 2.00. The van der Waals surface area contributed by atoms with Crippen LogP contribution in [-0.4, -0.2) is 25.7 Å². The van der Waals surface area contributed by atoms with Crippen LogP contribution in [0.4, 0.5) is 0 Å². The number of isocyanates is 1. The van der Waals surface area contributed by atoms with Gasteiger partial charge in [0.1, 0.15) is 0 Å². The van der Waals surface area contributed by atoms with Gasteiger partial charge in [-0.1, -0.05) is 13.3 Å². The molecule has 0 spiro atoms. The van der Waals surface area contributed by atoms with E-state index in [1.165, 1.54) is 45.4 Å². The molecule has 0 aliphatic carbocycles. The Hall–Kier alpha value is -0.660. The maximum Gasteiger partial charge on any atom is 0.234 e. The van der Waals surface area contributed by atoms with Gasteiger partial charge >= 0.3 is 0 Å². The van der Waals surface area contributed by atoms with Crippen LogP contribution in [0.5, 0.6) is 0 Å². The van der Waals surface area contributed by atoms with E-state index in [2.05, 4.69) is 17.2 Å². The van der Waals surface area contributed by atoms with Gasteiger partial charge in [0.15, 0.2) is 0 Å². The summed E-state index contributed by atoms with van der Waals surface area (Å²) in [6.07, 6.45) is 6.83. The predicted octanol–water partition coefficient (Wildman–Crippen LogP) is 1.49. The second-order valence-electron chi connectivity index (χ2n) is 2.87. The first-order chi connectivity index (χ1) is 5.85. The fourth-order valence-corrected chi connectivity index (χ4v) is 1.27. The van der Waals surface area contributed by atoms with Crippen LogP contribution < -0.4 is 5.32 Å². The van der Waals surface area contributed by atoms with Crippen LogP contribution in [0, 0.1) is 0 Å². The molecule has 0 bridgehead atoms. The first kappa shape index (κ1) is 11.3. The van der Waals surface area contributed by atoms with Crippen LogP contribution in [0.2, 0.25) is 0 Å². The molecule has 12 heavy (non-hydrogen) atoms. The normalized spacial score (nSPS) is 21.7. The summed E-state index contributed by atoms with van der Waals surface area (Å²) in [7, 11) is 1.38. The molecule has 1 heterocycles. The highest BCUT2D eigenvalue weighted by atomic mass is 16.1. The zero-order valence-corrected chi connectivity index (χ0v) is 7.97. The lowest BCUT2D eigenvalue weighted by Crippen LogP contribution is -2.32. The number of carbonyl (C=O) groups excluding carboxylic acids is 1. The second kappa shape index (κ2) is 8.44. The van der Waals surface area contributed by atoms with E-state index in [1.54, 1.807) is 0 Å². The van der Waals surface area contributed by atoms with E-state index in [4.69, 9.17) is 4.79 Å². The van der Waals surface area contributed by atoms with E-state index < -0.39 is 0 Å². The van der Waals surface area contributed by atoms with Crippen LogP contribution in [0.3, 0.4) is 0 Å². The molecule has 1 unspecified atom stereocenters. The highest BCUT2D eigenvalue weighted by molar-refractivity contribution is 5.32. The van der Waals surface area contributed by atoms with E-state index in [0.29, 0.717) is 0 Å². The van der Waals surface area contributed by atoms with Crippen molar-refractivity contribution in [2.75, 3.05) is 13.6 Å². The molecule has 1 aliphatic rings. The van der Waals surface area contributed by atoms with Crippen molar-refractivity contribution in [1.29, 1.82) is 0 Å². The molecule has 0 aromatic carbocycles. The predicted molar refractivity (Wildman–Crippen MR) is 50.0 cm³/mol. The lowest BCUT2D eigenvalue weighted by Gasteiger charge is -2.21. The number of piperidine rings is 1. The summed E-state index contributed by atoms with van der Waals surface area (Å²) in [5.74, 6) is 0. The van der Waals surface area contributed by atoms with Gasteiger partial charge in [-0.2, -0.15) is 0 Å². The molecule has 1 saturated heterocycles. The molecular weight excluding hydrogens is 152 g/mol. The van der Waals surface area contributed by atoms with Gasteiger partial charge in [0, 0.05) is 13.1 Å². The molecule has 1 N–H and O–H groups in total. The Morgan fingerprint density at radius 2 is 2.25 bits per heavy atom. The summed E-state index contributed by atoms with van der Waals surface area (Å²) in [5, 5.41) is 3.47. The van der Waals surface area contributed by atoms with Crippen molar-refractivity contribution in [1.82, 2.24) is 5.32 Å². The fraction of sp³-hybridized carbons (Fsp3) is 0.889. The Balaban J connectivity index is 0.000000261. The molecule has 1 aliphatic heterocycles. The van der Waals surface area contributed by atoms with Gasteiger partial charge < -0.3 is 5.32 Å². The van der Waals surface area contributed by atoms with E-state index in [0.717, 1.165) is 6.04 Å². The van der Waals surface area contributed by atoms with E-state index >= 15 is 0 Å². The third kappa shape index (κ3) is 6.08. The van der Waals surface area contributed by atoms with E-state index in [-0.39, 0.29) is 0 Å². The maximum absolute atomic E-state index is 8.88. The number of hydrogen-bond donors (Lipinski definition) is 1. The summed E-state index contributed by atoms with van der Waals surface area (Å²) in [4.78, 5) is 11.8. The molecule has 3 nitrogen and oxygen atoms in total. The lowest BCUT2D eigenvalue weighted by atomic mass is 10.0. The minimum absolute atomic E-state index is 0.837. The molecule has 70 valence electrons. The van der Waals surface area contributed by atoms with Crippen molar-refractivity contribution in [2.24, 2.45) is 4.99 Å². The number of rotatable bonds is 1. The molecule has 1 rings (SSSR count). The summed E-state index contributed by atoms with van der Waals surface area (Å²) in [5.41, 5.74) is 0. The maximum atomic E-state index is 8.88. The molecule has 1 fully saturated rings. The van der Waals surface area contributed by atoms with Gasteiger partial charge in [-0.3, -0.25) is 0 Å². The van der Waals surface area contributed by atoms with Crippen molar-refractivity contribution in [2.45, 2.75) is 38.6 Å². The minimum Gasteiger partial charge on any atom is -0.314 e. The van der Waals surface area contributed by atoms with Gasteiger partial charge in [0.2, 0.25) is 6.08 Å². The first-order valence-corrected chi connectivity index (χ1v) is 4.54. The standard InChI is InChI=1S/C7H15N.C2H3NO/c1-2-7-5-3-4-6-8-7;1-3-2-4/h7-8H,2-6H2,1H3;1H3. The van der Waals surface area contributed by atoms with Crippen LogP contribution in [0.15, 0.2) is 4.99 Å². The zero-order chi connectivity index (χ0) is 9.23. The Kier molecular flexibility index (Phi) is 7.97. The minimum atomic E-state index is 0.837. The van der Waals surface area contributed by atoms with Crippen LogP contribution in [-0.2, 0) is 4.79 Å². The molecular formula is C9H18N2O. The lowest BCUT2D eigenvalue weighted by molar-refractivity contribution is 0.393. The van der Waals surface area contributed by atoms with E-state index in [1.807, 2.05) is 0 Å². The monoisotopic (exact) mass is 170 g/mol. The third-order valence-electron chi connectivity index (χ3n) is 2.00. The average Bonchev–Trinajstić information content (AvgIpc) is 2.19. The van der Waals surface area contributed by atoms with Crippen molar-refractivity contribution in [3.8, 4) is 0 Å². The Morgan fingerprint density at radius 3 is 2.50 bits per heavy atom. The van der Waals surface area contributed by atoms with Gasteiger partial charge in [-0.05, 0) is 25.8 Å². The molecule has 1 atom stereocenters. The summed E-state index contributed by atoms with van der Waals surface area (Å²) >= 11 is 0. The SMILES string of the molecule is CCC1CCCCN1.CN=C=O. The topological polar surface area (TPSA) is 41.5 Å². The summed E-state index contributed by atoms with van der Waals surface area (Å²) in [6.45, 7) is 3.50. The fourth-order valence-electron chi connectivity index (χ4n) is 1.27. The molecule has 0 radical (unpaired) electrons. The van der Waals surface area contributed by atoms with Crippen LogP contribution >= 0.6 is 0 Å². The first-order valence-electron chi connectivity index (χ1n) is 4.54. The Bertz CT molecular complexity index is 135. The Morgan fingerprint density at radius 1 is 1.58 bits per heavy atom. The average molecular weight is 170 g/mol. The number of nitrogens with zero attached hydrogens (tertiary/aromatic N) is 1. The smallest absolute Gasteiger partial charge is 0.234 e. The molecule has 3 heteroatoms. The van der Waals surface area contributed by atoms with Crippen molar-refractivity contribution >= 4 is 6.08 Å². The molecule has 0 aromatic heterocycles. The molecule has 0 saturated carbocycles. The second-order valence-corrected chi connectivity index (χ2v) is 2.87. The van der Waals surface area contributed by atoms with Crippen LogP contribution in [0.25, 0.3) is 0 Å². The quantitative estimate of drug-likeness (QED) is 0.478.